The first-order chi connectivity index (χ1) is 12.2. The number of nitrogens with zero attached hydrogens (tertiary/aromatic N) is 3. The molecule has 8 heteroatoms. The number of hydrogen-bond donors (Lipinski definition) is 1. The minimum atomic E-state index is 0.479. The maximum atomic E-state index is 5.45. The highest BCUT2D eigenvalue weighted by atomic mass is 32.1. The summed E-state index contributed by atoms with van der Waals surface area (Å²) in [6, 6.07) is 9.33. The van der Waals surface area contributed by atoms with Crippen LogP contribution in [-0.4, -0.2) is 36.5 Å². The van der Waals surface area contributed by atoms with Crippen molar-refractivity contribution in [3.63, 3.8) is 0 Å². The van der Waals surface area contributed by atoms with Crippen LogP contribution in [0.2, 0.25) is 0 Å². The van der Waals surface area contributed by atoms with E-state index in [1.165, 1.54) is 11.3 Å². The number of nitrogens with one attached hydrogen (secondary N) is 1. The fourth-order valence-electron chi connectivity index (χ4n) is 2.30. The molecular formula is C17H18N4O3S. The Kier molecular flexibility index (Phi) is 5.30. The molecule has 2 heterocycles. The van der Waals surface area contributed by atoms with Crippen molar-refractivity contribution in [2.75, 3.05) is 26.6 Å². The molecular weight excluding hydrogens is 340 g/mol. The molecule has 1 N–H and O–H groups in total. The summed E-state index contributed by atoms with van der Waals surface area (Å²) in [5.74, 6) is 2.03. The van der Waals surface area contributed by atoms with Crippen LogP contribution in [0, 0.1) is 0 Å². The van der Waals surface area contributed by atoms with E-state index in [4.69, 9.17) is 14.2 Å². The summed E-state index contributed by atoms with van der Waals surface area (Å²) in [7, 11) is 4.83. The van der Waals surface area contributed by atoms with E-state index in [1.54, 1.807) is 27.5 Å². The van der Waals surface area contributed by atoms with Crippen LogP contribution in [0.4, 0.5) is 5.13 Å². The van der Waals surface area contributed by atoms with Gasteiger partial charge in [0.2, 0.25) is 5.13 Å². The van der Waals surface area contributed by atoms with E-state index in [2.05, 4.69) is 20.5 Å². The van der Waals surface area contributed by atoms with Crippen molar-refractivity contribution in [2.45, 2.75) is 6.54 Å². The Morgan fingerprint density at radius 1 is 1.00 bits per heavy atom. The highest BCUT2D eigenvalue weighted by molar-refractivity contribution is 7.18. The third-order valence-corrected chi connectivity index (χ3v) is 4.45. The van der Waals surface area contributed by atoms with Crippen molar-refractivity contribution in [3.8, 4) is 28.0 Å². The predicted octanol–water partition coefficient (Wildman–Crippen LogP) is 3.24. The second-order valence-electron chi connectivity index (χ2n) is 4.99. The first-order valence-corrected chi connectivity index (χ1v) is 8.34. The molecule has 7 nitrogen and oxygen atoms in total. The first kappa shape index (κ1) is 17.0. The van der Waals surface area contributed by atoms with Crippen LogP contribution in [0.5, 0.6) is 17.2 Å². The Morgan fingerprint density at radius 3 is 2.36 bits per heavy atom. The Balaban J connectivity index is 1.79. The second kappa shape index (κ2) is 7.80. The number of hydrogen-bond acceptors (Lipinski definition) is 8. The standard InChI is InChI=1S/C17H18N4O3S/c1-22-11-8-14(23-2)12(15(9-11)24-3)10-19-17-21-20-16(25-17)13-6-4-5-7-18-13/h4-9H,10H2,1-3H3,(H,19,21). The molecule has 0 aliphatic rings. The Labute approximate surface area is 149 Å². The van der Waals surface area contributed by atoms with E-state index in [9.17, 15) is 0 Å². The van der Waals surface area contributed by atoms with E-state index in [0.717, 1.165) is 16.3 Å². The lowest BCUT2D eigenvalue weighted by Crippen LogP contribution is -2.04. The highest BCUT2D eigenvalue weighted by Gasteiger charge is 2.14. The van der Waals surface area contributed by atoms with E-state index >= 15 is 0 Å². The molecule has 25 heavy (non-hydrogen) atoms. The maximum absolute atomic E-state index is 5.45. The number of anilines is 1. The zero-order chi connectivity index (χ0) is 17.6. The number of aromatic nitrogens is 3. The molecule has 3 aromatic rings. The van der Waals surface area contributed by atoms with Crippen LogP contribution in [0.15, 0.2) is 36.5 Å². The number of ether oxygens (including phenoxy) is 3. The average molecular weight is 358 g/mol. The van der Waals surface area contributed by atoms with Gasteiger partial charge in [0.15, 0.2) is 5.01 Å². The number of benzene rings is 1. The van der Waals surface area contributed by atoms with Crippen molar-refractivity contribution in [2.24, 2.45) is 0 Å². The van der Waals surface area contributed by atoms with Gasteiger partial charge in [0.1, 0.15) is 22.9 Å². The van der Waals surface area contributed by atoms with Gasteiger partial charge in [0.05, 0.1) is 26.9 Å². The van der Waals surface area contributed by atoms with Crippen molar-refractivity contribution in [1.82, 2.24) is 15.2 Å². The Morgan fingerprint density at radius 2 is 1.76 bits per heavy atom. The molecule has 0 bridgehead atoms. The lowest BCUT2D eigenvalue weighted by molar-refractivity contribution is 0.369. The Hall–Kier alpha value is -2.87. The quantitative estimate of drug-likeness (QED) is 0.694. The van der Waals surface area contributed by atoms with Crippen molar-refractivity contribution >= 4 is 16.5 Å². The van der Waals surface area contributed by atoms with Crippen LogP contribution >= 0.6 is 11.3 Å². The van der Waals surface area contributed by atoms with Gasteiger partial charge in [-0.3, -0.25) is 4.98 Å². The lowest BCUT2D eigenvalue weighted by Gasteiger charge is -2.15. The average Bonchev–Trinajstić information content (AvgIpc) is 3.15. The smallest absolute Gasteiger partial charge is 0.206 e. The largest absolute Gasteiger partial charge is 0.496 e. The molecule has 0 fully saturated rings. The van der Waals surface area contributed by atoms with Crippen molar-refractivity contribution in [1.29, 1.82) is 0 Å². The minimum Gasteiger partial charge on any atom is -0.496 e. The van der Waals surface area contributed by atoms with Crippen LogP contribution in [-0.2, 0) is 6.54 Å². The van der Waals surface area contributed by atoms with Crippen LogP contribution < -0.4 is 19.5 Å². The molecule has 0 spiro atoms. The molecule has 130 valence electrons. The van der Waals surface area contributed by atoms with Crippen LogP contribution in [0.25, 0.3) is 10.7 Å². The summed E-state index contributed by atoms with van der Waals surface area (Å²) >= 11 is 1.44. The summed E-state index contributed by atoms with van der Waals surface area (Å²) in [5, 5.41) is 13.0. The zero-order valence-electron chi connectivity index (χ0n) is 14.1. The normalized spacial score (nSPS) is 10.4. The second-order valence-corrected chi connectivity index (χ2v) is 5.97. The maximum Gasteiger partial charge on any atom is 0.206 e. The van der Waals surface area contributed by atoms with Gasteiger partial charge in [-0.2, -0.15) is 0 Å². The van der Waals surface area contributed by atoms with Gasteiger partial charge in [0, 0.05) is 24.9 Å². The summed E-state index contributed by atoms with van der Waals surface area (Å²) in [6.07, 6.45) is 1.73. The molecule has 1 aromatic carbocycles. The topological polar surface area (TPSA) is 78.4 Å². The summed E-state index contributed by atoms with van der Waals surface area (Å²) < 4.78 is 16.2. The zero-order valence-corrected chi connectivity index (χ0v) is 15.0. The molecule has 2 aromatic heterocycles. The van der Waals surface area contributed by atoms with E-state index in [1.807, 2.05) is 30.3 Å². The first-order valence-electron chi connectivity index (χ1n) is 7.52. The summed E-state index contributed by atoms with van der Waals surface area (Å²) in [4.78, 5) is 4.28. The Bertz CT molecular complexity index is 814. The summed E-state index contributed by atoms with van der Waals surface area (Å²) in [5.41, 5.74) is 1.67. The third-order valence-electron chi connectivity index (χ3n) is 3.54. The van der Waals surface area contributed by atoms with Gasteiger partial charge < -0.3 is 19.5 Å². The molecule has 0 saturated carbocycles. The van der Waals surface area contributed by atoms with Crippen LogP contribution in [0.3, 0.4) is 0 Å². The fraction of sp³-hybridized carbons (Fsp3) is 0.235. The highest BCUT2D eigenvalue weighted by Crippen LogP contribution is 2.35. The number of methoxy groups -OCH3 is 3. The molecule has 0 aliphatic carbocycles. The van der Waals surface area contributed by atoms with Crippen molar-refractivity contribution in [3.05, 3.63) is 42.1 Å². The predicted molar refractivity (Wildman–Crippen MR) is 96.6 cm³/mol. The van der Waals surface area contributed by atoms with Gasteiger partial charge in [-0.15, -0.1) is 10.2 Å². The third kappa shape index (κ3) is 3.80. The van der Waals surface area contributed by atoms with Gasteiger partial charge in [-0.25, -0.2) is 0 Å². The number of rotatable bonds is 7. The van der Waals surface area contributed by atoms with E-state index < -0.39 is 0 Å². The molecule has 0 radical (unpaired) electrons. The molecule has 0 aliphatic heterocycles. The monoisotopic (exact) mass is 358 g/mol. The van der Waals surface area contributed by atoms with E-state index in [0.29, 0.717) is 28.9 Å². The lowest BCUT2D eigenvalue weighted by atomic mass is 10.1. The minimum absolute atomic E-state index is 0.479. The SMILES string of the molecule is COc1cc(OC)c(CNc2nnc(-c3ccccn3)s2)c(OC)c1. The van der Waals surface area contributed by atoms with Gasteiger partial charge >= 0.3 is 0 Å². The fourth-order valence-corrected chi connectivity index (χ4v) is 3.02. The van der Waals surface area contributed by atoms with Crippen LogP contribution in [0.1, 0.15) is 5.56 Å². The van der Waals surface area contributed by atoms with Gasteiger partial charge in [0.25, 0.3) is 0 Å². The molecule has 0 atom stereocenters. The molecule has 3 rings (SSSR count). The molecule has 0 amide bonds. The van der Waals surface area contributed by atoms with Gasteiger partial charge in [-0.05, 0) is 12.1 Å². The molecule has 0 saturated heterocycles. The number of pyridine rings is 1. The van der Waals surface area contributed by atoms with Gasteiger partial charge in [-0.1, -0.05) is 17.4 Å². The summed E-state index contributed by atoms with van der Waals surface area (Å²) in [6.45, 7) is 0.479. The van der Waals surface area contributed by atoms with Crippen molar-refractivity contribution < 1.29 is 14.2 Å². The molecule has 0 unspecified atom stereocenters. The van der Waals surface area contributed by atoms with E-state index in [-0.39, 0.29) is 0 Å².